The van der Waals surface area contributed by atoms with E-state index in [1.165, 1.54) is 12.2 Å². The minimum Gasteiger partial charge on any atom is -0.508 e. The van der Waals surface area contributed by atoms with Gasteiger partial charge in [0.2, 0.25) is 0 Å². The van der Waals surface area contributed by atoms with Gasteiger partial charge in [0, 0.05) is 5.92 Å². The zero-order valence-corrected chi connectivity index (χ0v) is 13.6. The summed E-state index contributed by atoms with van der Waals surface area (Å²) < 4.78 is 14.6. The molecular weight excluding hydrogens is 317 g/mol. The third-order valence-corrected chi connectivity index (χ3v) is 4.31. The van der Waals surface area contributed by atoms with Gasteiger partial charge in [0.15, 0.2) is 0 Å². The summed E-state index contributed by atoms with van der Waals surface area (Å²) in [4.78, 5) is 18.1. The Balaban J connectivity index is 2.26. The van der Waals surface area contributed by atoms with Crippen LogP contribution >= 0.6 is 7.75 Å². The predicted molar refractivity (Wildman–Crippen MR) is 88.6 cm³/mol. The number of aromatic hydroxyl groups is 1. The number of rotatable bonds is 5. The summed E-state index contributed by atoms with van der Waals surface area (Å²) in [7, 11) is -4.53. The maximum absolute atomic E-state index is 11.2. The van der Waals surface area contributed by atoms with E-state index in [4.69, 9.17) is 9.79 Å². The van der Waals surface area contributed by atoms with Crippen LogP contribution < -0.4 is 0 Å². The molecule has 0 radical (unpaired) electrons. The fraction of sp³-hybridized carbons (Fsp3) is 0.312. The van der Waals surface area contributed by atoms with Crippen LogP contribution in [0.2, 0.25) is 0 Å². The third-order valence-electron chi connectivity index (χ3n) is 3.82. The van der Waals surface area contributed by atoms with Gasteiger partial charge < -0.3 is 20.0 Å². The van der Waals surface area contributed by atoms with Crippen molar-refractivity contribution in [3.8, 4) is 5.75 Å². The zero-order chi connectivity index (χ0) is 17.0. The van der Waals surface area contributed by atoms with Crippen molar-refractivity contribution in [1.82, 2.24) is 0 Å². The lowest BCUT2D eigenvalue weighted by atomic mass is 9.83. The monoisotopic (exact) mass is 337 g/mol. The van der Waals surface area contributed by atoms with Crippen LogP contribution in [0.5, 0.6) is 5.75 Å². The van der Waals surface area contributed by atoms with Crippen LogP contribution in [0.4, 0.5) is 0 Å². The van der Waals surface area contributed by atoms with Crippen LogP contribution in [0.1, 0.15) is 31.2 Å². The van der Waals surface area contributed by atoms with Gasteiger partial charge in [0.1, 0.15) is 11.5 Å². The molecule has 0 aromatic heterocycles. The molecule has 1 aromatic carbocycles. The van der Waals surface area contributed by atoms with E-state index in [0.29, 0.717) is 6.42 Å². The van der Waals surface area contributed by atoms with E-state index in [1.54, 1.807) is 18.2 Å². The van der Waals surface area contributed by atoms with E-state index >= 15 is 0 Å². The molecule has 0 bridgehead atoms. The molecule has 2 rings (SSSR count). The van der Waals surface area contributed by atoms with Crippen LogP contribution in [0, 0.1) is 5.92 Å². The van der Waals surface area contributed by atoms with E-state index in [-0.39, 0.29) is 29.1 Å². The molecule has 0 amide bonds. The minimum atomic E-state index is -4.53. The Labute approximate surface area is 134 Å². The predicted octanol–water partition coefficient (Wildman–Crippen LogP) is 3.44. The van der Waals surface area contributed by atoms with Gasteiger partial charge in [-0.1, -0.05) is 19.1 Å². The fourth-order valence-electron chi connectivity index (χ4n) is 2.68. The highest BCUT2D eigenvalue weighted by atomic mass is 31.2. The van der Waals surface area contributed by atoms with Crippen LogP contribution in [0.15, 0.2) is 53.0 Å². The number of benzene rings is 1. The molecule has 0 saturated carbocycles. The van der Waals surface area contributed by atoms with Gasteiger partial charge in [-0.25, -0.2) is 4.57 Å². The van der Waals surface area contributed by atoms with Crippen molar-refractivity contribution in [3.05, 3.63) is 53.8 Å². The summed E-state index contributed by atoms with van der Waals surface area (Å²) in [5, 5.41) is 19.1. The first-order valence-corrected chi connectivity index (χ1v) is 8.88. The number of allylic oxidation sites excluding steroid dienone is 3. The molecule has 124 valence electrons. The van der Waals surface area contributed by atoms with Gasteiger partial charge in [-0.2, -0.15) is 4.76 Å². The minimum absolute atomic E-state index is 0.0558. The Morgan fingerprint density at radius 2 is 1.83 bits per heavy atom. The normalized spacial score (nSPS) is 21.3. The second-order valence-electron chi connectivity index (χ2n) is 5.50. The highest BCUT2D eigenvalue weighted by Gasteiger charge is 2.24. The summed E-state index contributed by atoms with van der Waals surface area (Å²) in [5.41, 5.74) is 1.27. The second-order valence-corrected chi connectivity index (χ2v) is 6.73. The highest BCUT2D eigenvalue weighted by Crippen LogP contribution is 2.39. The smallest absolute Gasteiger partial charge is 0.448 e. The molecule has 4 N–H and O–H groups in total. The summed E-state index contributed by atoms with van der Waals surface area (Å²) >= 11 is 0. The maximum Gasteiger partial charge on any atom is 0.448 e. The van der Waals surface area contributed by atoms with Crippen LogP contribution in [0.25, 0.3) is 0 Å². The first kappa shape index (κ1) is 17.5. The maximum atomic E-state index is 11.2. The molecule has 2 atom stereocenters. The Hall–Kier alpha value is -1.88. The Morgan fingerprint density at radius 3 is 2.39 bits per heavy atom. The van der Waals surface area contributed by atoms with E-state index in [9.17, 15) is 14.8 Å². The number of hydrogen-bond acceptors (Lipinski definition) is 3. The van der Waals surface area contributed by atoms with Crippen LogP contribution in [-0.2, 0) is 4.57 Å². The molecule has 2 unspecified atom stereocenters. The van der Waals surface area contributed by atoms with Gasteiger partial charge in [0.05, 0.1) is 5.71 Å². The lowest BCUT2D eigenvalue weighted by molar-refractivity contribution is 0.374. The topological polar surface area (TPSA) is 110 Å². The average molecular weight is 337 g/mol. The van der Waals surface area contributed by atoms with Gasteiger partial charge >= 0.3 is 7.75 Å². The molecule has 0 fully saturated rings. The van der Waals surface area contributed by atoms with Crippen molar-refractivity contribution < 1.29 is 24.6 Å². The van der Waals surface area contributed by atoms with Crippen LogP contribution in [-0.4, -0.2) is 25.7 Å². The van der Waals surface area contributed by atoms with Crippen molar-refractivity contribution in [1.29, 1.82) is 0 Å². The lowest BCUT2D eigenvalue weighted by Gasteiger charge is -2.23. The summed E-state index contributed by atoms with van der Waals surface area (Å²) in [6.45, 7) is 2.01. The lowest BCUT2D eigenvalue weighted by Crippen LogP contribution is -2.17. The van der Waals surface area contributed by atoms with Gasteiger partial charge in [-0.15, -0.1) is 0 Å². The van der Waals surface area contributed by atoms with E-state index < -0.39 is 7.75 Å². The summed E-state index contributed by atoms with van der Waals surface area (Å²) in [6, 6.07) is 6.87. The molecule has 6 nitrogen and oxygen atoms in total. The number of aliphatic hydroxyl groups is 1. The Bertz CT molecular complexity index is 687. The number of phenols is 1. The largest absolute Gasteiger partial charge is 0.508 e. The fourth-order valence-corrected chi connectivity index (χ4v) is 3.20. The molecule has 0 spiro atoms. The third kappa shape index (κ3) is 5.06. The molecule has 1 aromatic rings. The number of aliphatic hydroxyl groups excluding tert-OH is 1. The van der Waals surface area contributed by atoms with Crippen molar-refractivity contribution in [2.75, 3.05) is 0 Å². The molecule has 7 heteroatoms. The van der Waals surface area contributed by atoms with E-state index in [1.807, 2.05) is 19.1 Å². The SMILES string of the molecule is CCC(CC1C=C(O)C=CC1=NP(=O)(O)O)c1ccc(O)cc1. The highest BCUT2D eigenvalue weighted by molar-refractivity contribution is 7.50. The molecule has 23 heavy (non-hydrogen) atoms. The second kappa shape index (κ2) is 7.13. The summed E-state index contributed by atoms with van der Waals surface area (Å²) in [6.07, 6.45) is 5.71. The van der Waals surface area contributed by atoms with E-state index in [2.05, 4.69) is 4.76 Å². The Morgan fingerprint density at radius 1 is 1.17 bits per heavy atom. The van der Waals surface area contributed by atoms with Crippen molar-refractivity contribution in [2.24, 2.45) is 10.7 Å². The van der Waals surface area contributed by atoms with E-state index in [0.717, 1.165) is 12.0 Å². The molecular formula is C16H20NO5P. The molecule has 0 heterocycles. The number of phenolic OH excluding ortho intramolecular Hbond substituents is 1. The number of nitrogens with zero attached hydrogens (tertiary/aromatic N) is 1. The molecule has 0 saturated heterocycles. The number of hydrogen-bond donors (Lipinski definition) is 4. The Kier molecular flexibility index (Phi) is 5.42. The average Bonchev–Trinajstić information content (AvgIpc) is 2.47. The summed E-state index contributed by atoms with van der Waals surface area (Å²) in [5.74, 6) is -0.0322. The van der Waals surface area contributed by atoms with Crippen LogP contribution in [0.3, 0.4) is 0 Å². The first-order valence-electron chi connectivity index (χ1n) is 7.32. The van der Waals surface area contributed by atoms with Gasteiger partial charge in [-0.3, -0.25) is 0 Å². The van der Waals surface area contributed by atoms with Gasteiger partial charge in [-0.05, 0) is 54.7 Å². The quantitative estimate of drug-likeness (QED) is 0.615. The standard InChI is InChI=1S/C16H20NO5P/c1-2-11(12-3-5-14(18)6-4-12)9-13-10-15(19)7-8-16(13)17-23(20,21)22/h3-8,10-11,13,18-19H,2,9H2,1H3,(H2,20,21,22). The zero-order valence-electron chi connectivity index (χ0n) is 12.7. The first-order chi connectivity index (χ1) is 10.8. The van der Waals surface area contributed by atoms with Crippen molar-refractivity contribution >= 4 is 13.5 Å². The van der Waals surface area contributed by atoms with Crippen molar-refractivity contribution in [3.63, 3.8) is 0 Å². The molecule has 1 aliphatic rings. The molecule has 1 aliphatic carbocycles. The van der Waals surface area contributed by atoms with Crippen molar-refractivity contribution in [2.45, 2.75) is 25.7 Å². The van der Waals surface area contributed by atoms with Gasteiger partial charge in [0.25, 0.3) is 0 Å². The molecule has 0 aliphatic heterocycles.